The number of para-hydroxylation sites is 1. The first-order chi connectivity index (χ1) is 16.0. The highest BCUT2D eigenvalue weighted by Crippen LogP contribution is 2.36. The Morgan fingerprint density at radius 3 is 2.09 bits per heavy atom. The highest BCUT2D eigenvalue weighted by atomic mass is 16.5. The average Bonchev–Trinajstić information content (AvgIpc) is 2.84. The molecule has 7 heteroatoms. The zero-order valence-corrected chi connectivity index (χ0v) is 18.6. The van der Waals surface area contributed by atoms with E-state index in [1.165, 1.54) is 14.2 Å². The van der Waals surface area contributed by atoms with Crippen LogP contribution < -0.4 is 24.8 Å². The summed E-state index contributed by atoms with van der Waals surface area (Å²) in [6.07, 6.45) is 2.41. The predicted molar refractivity (Wildman–Crippen MR) is 128 cm³/mol. The fourth-order valence-corrected chi connectivity index (χ4v) is 3.18. The lowest BCUT2D eigenvalue weighted by Gasteiger charge is -2.16. The van der Waals surface area contributed by atoms with Crippen LogP contribution in [0.4, 0.5) is 11.4 Å². The van der Waals surface area contributed by atoms with Gasteiger partial charge in [-0.25, -0.2) is 0 Å². The lowest BCUT2D eigenvalue weighted by atomic mass is 10.1. The van der Waals surface area contributed by atoms with Crippen LogP contribution in [0, 0.1) is 0 Å². The number of carbonyl (C=O) groups is 2. The molecule has 0 aliphatic carbocycles. The molecule has 3 aromatic rings. The van der Waals surface area contributed by atoms with Gasteiger partial charge in [-0.3, -0.25) is 9.59 Å². The lowest BCUT2D eigenvalue weighted by Crippen LogP contribution is -2.21. The summed E-state index contributed by atoms with van der Waals surface area (Å²) < 4.78 is 16.5. The number of carbonyl (C=O) groups excluding carboxylic acids is 2. The van der Waals surface area contributed by atoms with Crippen molar-refractivity contribution < 1.29 is 23.8 Å². The molecule has 2 N–H and O–H groups in total. The molecular formula is C26H26N2O5. The summed E-state index contributed by atoms with van der Waals surface area (Å²) in [5.74, 6) is 0.687. The van der Waals surface area contributed by atoms with Crippen LogP contribution in [0.3, 0.4) is 0 Å². The van der Waals surface area contributed by atoms with Crippen molar-refractivity contribution in [2.24, 2.45) is 0 Å². The quantitative estimate of drug-likeness (QED) is 0.441. The van der Waals surface area contributed by atoms with E-state index in [2.05, 4.69) is 17.2 Å². The van der Waals surface area contributed by atoms with Gasteiger partial charge in [0, 0.05) is 17.7 Å². The summed E-state index contributed by atoms with van der Waals surface area (Å²) >= 11 is 0. The molecule has 170 valence electrons. The van der Waals surface area contributed by atoms with Gasteiger partial charge >= 0.3 is 0 Å². The maximum absolute atomic E-state index is 12.5. The van der Waals surface area contributed by atoms with Gasteiger partial charge in [0.2, 0.25) is 0 Å². The molecule has 2 amide bonds. The summed E-state index contributed by atoms with van der Waals surface area (Å²) in [7, 11) is 2.95. The molecule has 0 heterocycles. The van der Waals surface area contributed by atoms with Crippen LogP contribution in [0.2, 0.25) is 0 Å². The van der Waals surface area contributed by atoms with Crippen molar-refractivity contribution in [2.45, 2.75) is 6.42 Å². The monoisotopic (exact) mass is 446 g/mol. The second-order valence-electron chi connectivity index (χ2n) is 7.01. The van der Waals surface area contributed by atoms with Crippen LogP contribution in [0.5, 0.6) is 17.2 Å². The highest BCUT2D eigenvalue weighted by molar-refractivity contribution is 6.05. The molecular weight excluding hydrogens is 420 g/mol. The van der Waals surface area contributed by atoms with Gasteiger partial charge in [-0.05, 0) is 30.2 Å². The molecule has 3 rings (SSSR count). The predicted octanol–water partition coefficient (Wildman–Crippen LogP) is 4.70. The number of hydrogen-bond donors (Lipinski definition) is 2. The van der Waals surface area contributed by atoms with E-state index in [1.807, 2.05) is 24.3 Å². The van der Waals surface area contributed by atoms with Gasteiger partial charge in [0.1, 0.15) is 17.2 Å². The molecule has 0 aromatic heterocycles. The standard InChI is InChI=1S/C26H26N2O5/c1-4-10-18-11-8-9-14-22(18)33-17-25(29)27-20-15-24(32-3)21(16-23(20)31-2)28-26(30)19-12-6-5-7-13-19/h4-9,11-16H,1,10,17H2,2-3H3,(H,27,29)(H,28,30). The van der Waals surface area contributed by atoms with Crippen LogP contribution >= 0.6 is 0 Å². The minimum absolute atomic E-state index is 0.188. The van der Waals surface area contributed by atoms with Crippen molar-refractivity contribution in [1.82, 2.24) is 0 Å². The first-order valence-corrected chi connectivity index (χ1v) is 10.3. The van der Waals surface area contributed by atoms with Crippen LogP contribution in [-0.4, -0.2) is 32.6 Å². The van der Waals surface area contributed by atoms with E-state index in [0.717, 1.165) is 5.56 Å². The molecule has 0 aliphatic rings. The Hall–Kier alpha value is -4.26. The number of rotatable bonds is 10. The van der Waals surface area contributed by atoms with Crippen molar-refractivity contribution in [1.29, 1.82) is 0 Å². The number of amides is 2. The molecule has 0 spiro atoms. The molecule has 0 saturated heterocycles. The van der Waals surface area contributed by atoms with Gasteiger partial charge in [0.25, 0.3) is 11.8 Å². The Balaban J connectivity index is 1.73. The number of hydrogen-bond acceptors (Lipinski definition) is 5. The van der Waals surface area contributed by atoms with E-state index in [0.29, 0.717) is 40.6 Å². The van der Waals surface area contributed by atoms with Gasteiger partial charge in [0.05, 0.1) is 25.6 Å². The Morgan fingerprint density at radius 1 is 0.848 bits per heavy atom. The molecule has 0 bridgehead atoms. The van der Waals surface area contributed by atoms with E-state index < -0.39 is 0 Å². The smallest absolute Gasteiger partial charge is 0.262 e. The third-order valence-corrected chi connectivity index (χ3v) is 4.78. The molecule has 0 fully saturated rings. The average molecular weight is 447 g/mol. The number of nitrogens with one attached hydrogen (secondary N) is 2. The van der Waals surface area contributed by atoms with E-state index in [9.17, 15) is 9.59 Å². The van der Waals surface area contributed by atoms with Crippen LogP contribution in [0.15, 0.2) is 79.4 Å². The molecule has 0 atom stereocenters. The number of benzene rings is 3. The van der Waals surface area contributed by atoms with E-state index in [1.54, 1.807) is 48.5 Å². The third kappa shape index (κ3) is 6.13. The van der Waals surface area contributed by atoms with Crippen molar-refractivity contribution >= 4 is 23.2 Å². The molecule has 0 aliphatic heterocycles. The fraction of sp³-hybridized carbons (Fsp3) is 0.154. The first kappa shape index (κ1) is 23.4. The first-order valence-electron chi connectivity index (χ1n) is 10.3. The van der Waals surface area contributed by atoms with E-state index in [-0.39, 0.29) is 18.4 Å². The maximum Gasteiger partial charge on any atom is 0.262 e. The Kier molecular flexibility index (Phi) is 8.07. The lowest BCUT2D eigenvalue weighted by molar-refractivity contribution is -0.118. The summed E-state index contributed by atoms with van der Waals surface area (Å²) in [4.78, 5) is 25.1. The van der Waals surface area contributed by atoms with Gasteiger partial charge in [-0.2, -0.15) is 0 Å². The zero-order chi connectivity index (χ0) is 23.6. The Bertz CT molecular complexity index is 1130. The van der Waals surface area contributed by atoms with E-state index >= 15 is 0 Å². The summed E-state index contributed by atoms with van der Waals surface area (Å²) in [5.41, 5.74) is 2.25. The zero-order valence-electron chi connectivity index (χ0n) is 18.6. The summed E-state index contributed by atoms with van der Waals surface area (Å²) in [5, 5.41) is 5.58. The normalized spacial score (nSPS) is 10.1. The van der Waals surface area contributed by atoms with Crippen LogP contribution in [0.1, 0.15) is 15.9 Å². The minimum atomic E-state index is -0.371. The second-order valence-corrected chi connectivity index (χ2v) is 7.01. The molecule has 33 heavy (non-hydrogen) atoms. The number of anilines is 2. The largest absolute Gasteiger partial charge is 0.494 e. The van der Waals surface area contributed by atoms with Gasteiger partial charge in [0.15, 0.2) is 6.61 Å². The van der Waals surface area contributed by atoms with Crippen molar-refractivity contribution in [2.75, 3.05) is 31.5 Å². The van der Waals surface area contributed by atoms with E-state index in [4.69, 9.17) is 14.2 Å². The molecule has 0 saturated carbocycles. The van der Waals surface area contributed by atoms with Crippen LogP contribution in [-0.2, 0) is 11.2 Å². The third-order valence-electron chi connectivity index (χ3n) is 4.78. The van der Waals surface area contributed by atoms with Crippen molar-refractivity contribution in [3.05, 3.63) is 90.5 Å². The maximum atomic E-state index is 12.5. The topological polar surface area (TPSA) is 85.9 Å². The molecule has 0 radical (unpaired) electrons. The number of allylic oxidation sites excluding steroid dienone is 1. The Morgan fingerprint density at radius 2 is 1.45 bits per heavy atom. The summed E-state index contributed by atoms with van der Waals surface area (Å²) in [6.45, 7) is 3.55. The van der Waals surface area contributed by atoms with Gasteiger partial charge in [-0.1, -0.05) is 42.5 Å². The second kappa shape index (κ2) is 11.4. The number of ether oxygens (including phenoxy) is 3. The fourth-order valence-electron chi connectivity index (χ4n) is 3.18. The SMILES string of the molecule is C=CCc1ccccc1OCC(=O)Nc1cc(OC)c(NC(=O)c2ccccc2)cc1OC. The molecule has 3 aromatic carbocycles. The van der Waals surface area contributed by atoms with Crippen LogP contribution in [0.25, 0.3) is 0 Å². The van der Waals surface area contributed by atoms with Gasteiger partial charge < -0.3 is 24.8 Å². The Labute approximate surface area is 193 Å². The number of methoxy groups -OCH3 is 2. The minimum Gasteiger partial charge on any atom is -0.494 e. The highest BCUT2D eigenvalue weighted by Gasteiger charge is 2.16. The summed E-state index contributed by atoms with van der Waals surface area (Å²) in [6, 6.07) is 19.5. The molecule has 7 nitrogen and oxygen atoms in total. The van der Waals surface area contributed by atoms with Crippen molar-refractivity contribution in [3.63, 3.8) is 0 Å². The van der Waals surface area contributed by atoms with Gasteiger partial charge in [-0.15, -0.1) is 6.58 Å². The molecule has 0 unspecified atom stereocenters. The van der Waals surface area contributed by atoms with Crippen molar-refractivity contribution in [3.8, 4) is 17.2 Å².